The van der Waals surface area contributed by atoms with Crippen LogP contribution in [0.3, 0.4) is 0 Å². The maximum absolute atomic E-state index is 11.9. The monoisotopic (exact) mass is 309 g/mol. The first-order valence-electron chi connectivity index (χ1n) is 7.12. The Morgan fingerprint density at radius 2 is 1.95 bits per heavy atom. The standard InChI is InChI=1S/C16H23NO5/c1-11-5-4-6-13(12(11)2)15(16(19)20)17-14(18)7-8-22-10-9-21-3/h4-6,15H,7-10H2,1-3H3,(H,17,18)(H,19,20). The molecule has 0 aliphatic heterocycles. The van der Waals surface area contributed by atoms with Crippen molar-refractivity contribution in [1.82, 2.24) is 5.32 Å². The van der Waals surface area contributed by atoms with Crippen LogP contribution in [0, 0.1) is 13.8 Å². The number of hydrogen-bond donors (Lipinski definition) is 2. The molecule has 0 spiro atoms. The van der Waals surface area contributed by atoms with Crippen LogP contribution in [-0.4, -0.2) is 43.9 Å². The Morgan fingerprint density at radius 3 is 2.59 bits per heavy atom. The number of carbonyl (C=O) groups is 2. The molecule has 122 valence electrons. The summed E-state index contributed by atoms with van der Waals surface area (Å²) in [4.78, 5) is 23.3. The number of hydrogen-bond acceptors (Lipinski definition) is 4. The molecule has 0 saturated heterocycles. The molecular weight excluding hydrogens is 286 g/mol. The van der Waals surface area contributed by atoms with Gasteiger partial charge in [-0.2, -0.15) is 0 Å². The number of methoxy groups -OCH3 is 1. The van der Waals surface area contributed by atoms with Crippen LogP contribution in [0.25, 0.3) is 0 Å². The fourth-order valence-corrected chi connectivity index (χ4v) is 2.00. The van der Waals surface area contributed by atoms with Crippen LogP contribution in [0.15, 0.2) is 18.2 Å². The van der Waals surface area contributed by atoms with Crippen molar-refractivity contribution < 1.29 is 24.2 Å². The molecule has 1 rings (SSSR count). The summed E-state index contributed by atoms with van der Waals surface area (Å²) in [5.41, 5.74) is 2.45. The van der Waals surface area contributed by atoms with E-state index in [2.05, 4.69) is 5.32 Å². The van der Waals surface area contributed by atoms with Crippen LogP contribution in [0.4, 0.5) is 0 Å². The van der Waals surface area contributed by atoms with Gasteiger partial charge < -0.3 is 19.9 Å². The molecule has 0 heterocycles. The Kier molecular flexibility index (Phi) is 7.56. The Hall–Kier alpha value is -1.92. The molecule has 0 fully saturated rings. The molecule has 2 N–H and O–H groups in total. The Labute approximate surface area is 130 Å². The SMILES string of the molecule is COCCOCCC(=O)NC(C(=O)O)c1cccc(C)c1C. The first kappa shape index (κ1) is 18.1. The molecule has 1 amide bonds. The molecule has 0 aromatic heterocycles. The van der Waals surface area contributed by atoms with Crippen molar-refractivity contribution >= 4 is 11.9 Å². The van der Waals surface area contributed by atoms with Gasteiger partial charge in [0, 0.05) is 13.5 Å². The highest BCUT2D eigenvalue weighted by atomic mass is 16.5. The summed E-state index contributed by atoms with van der Waals surface area (Å²) >= 11 is 0. The van der Waals surface area contributed by atoms with Gasteiger partial charge in [0.2, 0.25) is 5.91 Å². The van der Waals surface area contributed by atoms with Crippen LogP contribution in [0.5, 0.6) is 0 Å². The van der Waals surface area contributed by atoms with Crippen LogP contribution < -0.4 is 5.32 Å². The molecule has 6 nitrogen and oxygen atoms in total. The molecular formula is C16H23NO5. The molecule has 0 radical (unpaired) electrons. The van der Waals surface area contributed by atoms with Gasteiger partial charge in [-0.05, 0) is 30.5 Å². The molecule has 1 unspecified atom stereocenters. The molecule has 0 saturated carbocycles. The van der Waals surface area contributed by atoms with Gasteiger partial charge in [0.15, 0.2) is 6.04 Å². The van der Waals surface area contributed by atoms with Crippen LogP contribution in [-0.2, 0) is 19.1 Å². The molecule has 1 aromatic rings. The van der Waals surface area contributed by atoms with Crippen molar-refractivity contribution in [2.75, 3.05) is 26.9 Å². The lowest BCUT2D eigenvalue weighted by molar-refractivity contribution is -0.142. The van der Waals surface area contributed by atoms with Gasteiger partial charge in [0.05, 0.1) is 19.8 Å². The zero-order valence-corrected chi connectivity index (χ0v) is 13.2. The first-order chi connectivity index (χ1) is 10.5. The molecule has 6 heteroatoms. The third-order valence-electron chi connectivity index (χ3n) is 3.42. The summed E-state index contributed by atoms with van der Waals surface area (Å²) < 4.78 is 10.0. The average Bonchev–Trinajstić information content (AvgIpc) is 2.47. The van der Waals surface area contributed by atoms with Crippen molar-refractivity contribution in [1.29, 1.82) is 0 Å². The zero-order valence-electron chi connectivity index (χ0n) is 13.2. The van der Waals surface area contributed by atoms with Crippen molar-refractivity contribution in [2.45, 2.75) is 26.3 Å². The van der Waals surface area contributed by atoms with Gasteiger partial charge in [-0.3, -0.25) is 4.79 Å². The van der Waals surface area contributed by atoms with E-state index >= 15 is 0 Å². The van der Waals surface area contributed by atoms with Crippen LogP contribution in [0.2, 0.25) is 0 Å². The number of benzene rings is 1. The zero-order chi connectivity index (χ0) is 16.5. The minimum Gasteiger partial charge on any atom is -0.479 e. The summed E-state index contributed by atoms with van der Waals surface area (Å²) in [7, 11) is 1.57. The minimum atomic E-state index is -1.08. The maximum Gasteiger partial charge on any atom is 0.330 e. The lowest BCUT2D eigenvalue weighted by Gasteiger charge is -2.18. The molecule has 1 aromatic carbocycles. The molecule has 0 aliphatic rings. The van der Waals surface area contributed by atoms with Crippen molar-refractivity contribution in [2.24, 2.45) is 0 Å². The maximum atomic E-state index is 11.9. The minimum absolute atomic E-state index is 0.109. The largest absolute Gasteiger partial charge is 0.479 e. The van der Waals surface area contributed by atoms with Gasteiger partial charge in [-0.15, -0.1) is 0 Å². The van der Waals surface area contributed by atoms with E-state index in [1.54, 1.807) is 19.2 Å². The Balaban J connectivity index is 2.63. The predicted octanol–water partition coefficient (Wildman–Crippen LogP) is 1.60. The number of rotatable bonds is 9. The third kappa shape index (κ3) is 5.46. The summed E-state index contributed by atoms with van der Waals surface area (Å²) in [6.45, 7) is 4.85. The van der Waals surface area contributed by atoms with Gasteiger partial charge in [0.1, 0.15) is 0 Å². The second-order valence-electron chi connectivity index (χ2n) is 4.98. The third-order valence-corrected chi connectivity index (χ3v) is 3.42. The summed E-state index contributed by atoms with van der Waals surface area (Å²) in [5.74, 6) is -1.44. The highest BCUT2D eigenvalue weighted by Gasteiger charge is 2.23. The van der Waals surface area contributed by atoms with E-state index in [1.165, 1.54) is 0 Å². The van der Waals surface area contributed by atoms with E-state index in [0.29, 0.717) is 18.8 Å². The number of aliphatic carboxylic acids is 1. The number of aryl methyl sites for hydroxylation is 1. The lowest BCUT2D eigenvalue weighted by atomic mass is 9.97. The number of ether oxygens (including phenoxy) is 2. The average molecular weight is 309 g/mol. The van der Waals surface area contributed by atoms with E-state index in [0.717, 1.165) is 11.1 Å². The second-order valence-corrected chi connectivity index (χ2v) is 4.98. The highest BCUT2D eigenvalue weighted by Crippen LogP contribution is 2.20. The van der Waals surface area contributed by atoms with E-state index in [4.69, 9.17) is 9.47 Å². The van der Waals surface area contributed by atoms with Crippen LogP contribution >= 0.6 is 0 Å². The number of nitrogens with one attached hydrogen (secondary N) is 1. The summed E-state index contributed by atoms with van der Waals surface area (Å²) in [6, 6.07) is 4.36. The number of carboxylic acids is 1. The second kappa shape index (κ2) is 9.17. The topological polar surface area (TPSA) is 84.9 Å². The quantitative estimate of drug-likeness (QED) is 0.677. The fourth-order valence-electron chi connectivity index (χ4n) is 2.00. The van der Waals surface area contributed by atoms with Gasteiger partial charge in [-0.1, -0.05) is 18.2 Å². The van der Waals surface area contributed by atoms with Gasteiger partial charge >= 0.3 is 5.97 Å². The van der Waals surface area contributed by atoms with Crippen molar-refractivity contribution in [3.63, 3.8) is 0 Å². The number of carboxylic acid groups (broad SMARTS) is 1. The molecule has 0 aliphatic carbocycles. The van der Waals surface area contributed by atoms with E-state index in [9.17, 15) is 14.7 Å². The molecule has 22 heavy (non-hydrogen) atoms. The van der Waals surface area contributed by atoms with E-state index in [-0.39, 0.29) is 18.9 Å². The smallest absolute Gasteiger partial charge is 0.330 e. The Morgan fingerprint density at radius 1 is 1.23 bits per heavy atom. The van der Waals surface area contributed by atoms with E-state index in [1.807, 2.05) is 19.9 Å². The normalized spacial score (nSPS) is 12.0. The van der Waals surface area contributed by atoms with Gasteiger partial charge in [0.25, 0.3) is 0 Å². The summed E-state index contributed by atoms with van der Waals surface area (Å²) in [6.07, 6.45) is 0.109. The number of carbonyl (C=O) groups excluding carboxylic acids is 1. The number of amides is 1. The fraction of sp³-hybridized carbons (Fsp3) is 0.500. The van der Waals surface area contributed by atoms with Crippen molar-refractivity contribution in [3.8, 4) is 0 Å². The van der Waals surface area contributed by atoms with Crippen molar-refractivity contribution in [3.05, 3.63) is 34.9 Å². The Bertz CT molecular complexity index is 515. The lowest BCUT2D eigenvalue weighted by Crippen LogP contribution is -2.34. The predicted molar refractivity (Wildman–Crippen MR) is 81.7 cm³/mol. The van der Waals surface area contributed by atoms with E-state index < -0.39 is 12.0 Å². The molecule has 0 bridgehead atoms. The highest BCUT2D eigenvalue weighted by molar-refractivity contribution is 5.84. The first-order valence-corrected chi connectivity index (χ1v) is 7.12. The summed E-state index contributed by atoms with van der Waals surface area (Å²) in [5, 5.41) is 11.9. The van der Waals surface area contributed by atoms with Gasteiger partial charge in [-0.25, -0.2) is 4.79 Å². The molecule has 1 atom stereocenters. The van der Waals surface area contributed by atoms with Crippen LogP contribution in [0.1, 0.15) is 29.2 Å².